The SMILES string of the molecule is CCOc1ccc(-c2csc(NC(=O)CCCc3nc(-c4ccccc4Cl)no3)n2)cc1. The van der Waals surface area contributed by atoms with Crippen LogP contribution in [0, 0.1) is 0 Å². The normalized spacial score (nSPS) is 10.8. The first-order valence-electron chi connectivity index (χ1n) is 10.2. The van der Waals surface area contributed by atoms with Gasteiger partial charge in [-0.15, -0.1) is 11.3 Å². The number of nitrogens with zero attached hydrogens (tertiary/aromatic N) is 3. The van der Waals surface area contributed by atoms with Crippen molar-refractivity contribution in [2.24, 2.45) is 0 Å². The number of carbonyl (C=O) groups is 1. The van der Waals surface area contributed by atoms with Crippen molar-refractivity contribution < 1.29 is 14.1 Å². The van der Waals surface area contributed by atoms with Crippen LogP contribution in [-0.2, 0) is 11.2 Å². The number of aryl methyl sites for hydroxylation is 1. The zero-order valence-corrected chi connectivity index (χ0v) is 18.9. The van der Waals surface area contributed by atoms with Gasteiger partial charge < -0.3 is 14.6 Å². The summed E-state index contributed by atoms with van der Waals surface area (Å²) in [6.45, 7) is 2.57. The molecule has 2 heterocycles. The van der Waals surface area contributed by atoms with Gasteiger partial charge in [-0.1, -0.05) is 28.9 Å². The molecule has 32 heavy (non-hydrogen) atoms. The number of halogens is 1. The van der Waals surface area contributed by atoms with Crippen molar-refractivity contribution >= 4 is 34.0 Å². The number of aromatic nitrogens is 3. The summed E-state index contributed by atoms with van der Waals surface area (Å²) < 4.78 is 10.7. The summed E-state index contributed by atoms with van der Waals surface area (Å²) in [5.74, 6) is 1.63. The highest BCUT2D eigenvalue weighted by atomic mass is 35.5. The zero-order chi connectivity index (χ0) is 22.3. The lowest BCUT2D eigenvalue weighted by atomic mass is 10.2. The lowest BCUT2D eigenvalue weighted by Gasteiger charge is -2.03. The molecular weight excluding hydrogens is 448 g/mol. The number of hydrogen-bond acceptors (Lipinski definition) is 7. The van der Waals surface area contributed by atoms with Crippen molar-refractivity contribution in [3.05, 3.63) is 64.8 Å². The predicted octanol–water partition coefficient (Wildman–Crippen LogP) is 5.87. The Kier molecular flexibility index (Phi) is 7.14. The van der Waals surface area contributed by atoms with Gasteiger partial charge in [0.2, 0.25) is 17.6 Å². The monoisotopic (exact) mass is 468 g/mol. The Balaban J connectivity index is 1.26. The molecule has 164 valence electrons. The lowest BCUT2D eigenvalue weighted by Crippen LogP contribution is -2.11. The summed E-state index contributed by atoms with van der Waals surface area (Å²) in [7, 11) is 0. The summed E-state index contributed by atoms with van der Waals surface area (Å²) in [4.78, 5) is 21.2. The first-order chi connectivity index (χ1) is 15.6. The van der Waals surface area contributed by atoms with E-state index in [9.17, 15) is 4.79 Å². The maximum atomic E-state index is 12.3. The molecule has 0 saturated carbocycles. The second-order valence-electron chi connectivity index (χ2n) is 6.89. The molecule has 0 spiro atoms. The molecule has 0 fully saturated rings. The Hall–Kier alpha value is -3.23. The van der Waals surface area contributed by atoms with Crippen LogP contribution in [0.3, 0.4) is 0 Å². The Bertz CT molecular complexity index is 1190. The van der Waals surface area contributed by atoms with E-state index in [0.29, 0.717) is 53.3 Å². The Labute approximate surface area is 194 Å². The zero-order valence-electron chi connectivity index (χ0n) is 17.4. The van der Waals surface area contributed by atoms with Gasteiger partial charge in [0.15, 0.2) is 5.13 Å². The van der Waals surface area contributed by atoms with E-state index < -0.39 is 0 Å². The van der Waals surface area contributed by atoms with E-state index in [1.165, 1.54) is 11.3 Å². The van der Waals surface area contributed by atoms with Crippen molar-refractivity contribution in [3.63, 3.8) is 0 Å². The van der Waals surface area contributed by atoms with Gasteiger partial charge in [-0.05, 0) is 49.7 Å². The standard InChI is InChI=1S/C23H21ClN4O3S/c1-2-30-16-12-10-15(11-13-16)19-14-32-23(25-19)26-20(29)8-5-9-21-27-22(28-31-21)17-6-3-4-7-18(17)24/h3-4,6-7,10-14H,2,5,8-9H2,1H3,(H,25,26,29). The van der Waals surface area contributed by atoms with E-state index in [1.807, 2.05) is 54.8 Å². The molecule has 7 nitrogen and oxygen atoms in total. The van der Waals surface area contributed by atoms with E-state index >= 15 is 0 Å². The molecular formula is C23H21ClN4O3S. The fourth-order valence-corrected chi connectivity index (χ4v) is 4.00. The molecule has 0 aliphatic heterocycles. The quantitative estimate of drug-likeness (QED) is 0.330. The van der Waals surface area contributed by atoms with Crippen molar-refractivity contribution in [2.45, 2.75) is 26.2 Å². The van der Waals surface area contributed by atoms with E-state index in [-0.39, 0.29) is 5.91 Å². The molecule has 1 amide bonds. The van der Waals surface area contributed by atoms with Crippen LogP contribution >= 0.6 is 22.9 Å². The number of ether oxygens (including phenoxy) is 1. The first-order valence-corrected chi connectivity index (χ1v) is 11.4. The third kappa shape index (κ3) is 5.52. The molecule has 0 radical (unpaired) electrons. The molecule has 0 atom stereocenters. The smallest absolute Gasteiger partial charge is 0.226 e. The lowest BCUT2D eigenvalue weighted by molar-refractivity contribution is -0.116. The first kappa shape index (κ1) is 22.0. The Morgan fingerprint density at radius 3 is 2.75 bits per heavy atom. The van der Waals surface area contributed by atoms with Crippen LogP contribution < -0.4 is 10.1 Å². The summed E-state index contributed by atoms with van der Waals surface area (Å²) in [5, 5.41) is 9.87. The molecule has 4 rings (SSSR count). The molecule has 0 saturated heterocycles. The summed E-state index contributed by atoms with van der Waals surface area (Å²) in [6.07, 6.45) is 1.40. The van der Waals surface area contributed by atoms with Gasteiger partial charge in [0.05, 0.1) is 17.3 Å². The molecule has 0 aliphatic rings. The molecule has 0 unspecified atom stereocenters. The Morgan fingerprint density at radius 1 is 1.16 bits per heavy atom. The van der Waals surface area contributed by atoms with Crippen LogP contribution in [0.15, 0.2) is 58.4 Å². The summed E-state index contributed by atoms with van der Waals surface area (Å²) in [6, 6.07) is 15.0. The van der Waals surface area contributed by atoms with Crippen molar-refractivity contribution in [1.29, 1.82) is 0 Å². The van der Waals surface area contributed by atoms with Crippen molar-refractivity contribution in [3.8, 4) is 28.4 Å². The number of benzene rings is 2. The number of anilines is 1. The van der Waals surface area contributed by atoms with E-state index in [0.717, 1.165) is 17.0 Å². The van der Waals surface area contributed by atoms with E-state index in [4.69, 9.17) is 20.9 Å². The predicted molar refractivity (Wildman–Crippen MR) is 125 cm³/mol. The second kappa shape index (κ2) is 10.4. The largest absolute Gasteiger partial charge is 0.494 e. The number of thiazole rings is 1. The highest BCUT2D eigenvalue weighted by Gasteiger charge is 2.13. The average Bonchev–Trinajstić information content (AvgIpc) is 3.45. The van der Waals surface area contributed by atoms with Crippen LogP contribution in [0.25, 0.3) is 22.6 Å². The van der Waals surface area contributed by atoms with Crippen LogP contribution in [-0.4, -0.2) is 27.6 Å². The maximum Gasteiger partial charge on any atom is 0.226 e. The number of hydrogen-bond donors (Lipinski definition) is 1. The van der Waals surface area contributed by atoms with Gasteiger partial charge in [0, 0.05) is 29.3 Å². The van der Waals surface area contributed by atoms with E-state index in [2.05, 4.69) is 20.4 Å². The summed E-state index contributed by atoms with van der Waals surface area (Å²) >= 11 is 7.56. The van der Waals surface area contributed by atoms with Gasteiger partial charge in [-0.25, -0.2) is 4.98 Å². The Morgan fingerprint density at radius 2 is 1.97 bits per heavy atom. The third-order valence-corrected chi connectivity index (χ3v) is 5.68. The highest BCUT2D eigenvalue weighted by molar-refractivity contribution is 7.14. The molecule has 1 N–H and O–H groups in total. The molecule has 2 aromatic heterocycles. The van der Waals surface area contributed by atoms with Gasteiger partial charge in [-0.3, -0.25) is 4.79 Å². The van der Waals surface area contributed by atoms with Crippen molar-refractivity contribution in [2.75, 3.05) is 11.9 Å². The van der Waals surface area contributed by atoms with E-state index in [1.54, 1.807) is 6.07 Å². The number of amides is 1. The second-order valence-corrected chi connectivity index (χ2v) is 8.15. The minimum Gasteiger partial charge on any atom is -0.494 e. The number of nitrogens with one attached hydrogen (secondary N) is 1. The molecule has 0 aliphatic carbocycles. The van der Waals surface area contributed by atoms with Crippen molar-refractivity contribution in [1.82, 2.24) is 15.1 Å². The maximum absolute atomic E-state index is 12.3. The highest BCUT2D eigenvalue weighted by Crippen LogP contribution is 2.27. The van der Waals surface area contributed by atoms with Gasteiger partial charge in [0.1, 0.15) is 5.75 Å². The number of rotatable bonds is 9. The molecule has 2 aromatic carbocycles. The third-order valence-electron chi connectivity index (χ3n) is 4.59. The van der Waals surface area contributed by atoms with Crippen LogP contribution in [0.5, 0.6) is 5.75 Å². The molecule has 9 heteroatoms. The van der Waals surface area contributed by atoms with Gasteiger partial charge in [0.25, 0.3) is 0 Å². The van der Waals surface area contributed by atoms with Gasteiger partial charge >= 0.3 is 0 Å². The average molecular weight is 469 g/mol. The molecule has 4 aromatic rings. The van der Waals surface area contributed by atoms with Gasteiger partial charge in [-0.2, -0.15) is 4.98 Å². The number of carbonyl (C=O) groups excluding carboxylic acids is 1. The minimum absolute atomic E-state index is 0.108. The fourth-order valence-electron chi connectivity index (χ4n) is 3.04. The van der Waals surface area contributed by atoms with Crippen LogP contribution in [0.4, 0.5) is 5.13 Å². The minimum atomic E-state index is -0.108. The summed E-state index contributed by atoms with van der Waals surface area (Å²) in [5.41, 5.74) is 2.50. The topological polar surface area (TPSA) is 90.1 Å². The fraction of sp³-hybridized carbons (Fsp3) is 0.217. The van der Waals surface area contributed by atoms with Crippen LogP contribution in [0.1, 0.15) is 25.7 Å². The molecule has 0 bridgehead atoms. The van der Waals surface area contributed by atoms with Crippen LogP contribution in [0.2, 0.25) is 5.02 Å².